The molecule has 0 atom stereocenters. The third-order valence-electron chi connectivity index (χ3n) is 5.68. The van der Waals surface area contributed by atoms with Gasteiger partial charge < -0.3 is 5.11 Å². The van der Waals surface area contributed by atoms with Crippen molar-refractivity contribution in [1.29, 1.82) is 5.41 Å². The number of hydrogen-bond acceptors (Lipinski definition) is 2. The first-order valence-electron chi connectivity index (χ1n) is 9.73. The van der Waals surface area contributed by atoms with Crippen LogP contribution in [-0.2, 0) is 13.0 Å². The van der Waals surface area contributed by atoms with Gasteiger partial charge in [0, 0.05) is 11.1 Å². The van der Waals surface area contributed by atoms with Gasteiger partial charge in [-0.25, -0.2) is 4.39 Å². The van der Waals surface area contributed by atoms with Crippen LogP contribution in [0.3, 0.4) is 0 Å². The number of halogens is 1. The number of aliphatic hydroxyl groups is 1. The summed E-state index contributed by atoms with van der Waals surface area (Å²) in [4.78, 5) is 0. The number of nitrogens with one attached hydrogen (secondary N) is 1. The summed E-state index contributed by atoms with van der Waals surface area (Å²) in [5.74, 6) is -0.404. The molecule has 0 radical (unpaired) electrons. The predicted molar refractivity (Wildman–Crippen MR) is 120 cm³/mol. The van der Waals surface area contributed by atoms with Crippen LogP contribution in [0.15, 0.2) is 40.5 Å². The van der Waals surface area contributed by atoms with Gasteiger partial charge in [-0.2, -0.15) is 0 Å². The molecule has 1 aromatic carbocycles. The Bertz CT molecular complexity index is 894. The molecule has 0 fully saturated rings. The van der Waals surface area contributed by atoms with Gasteiger partial charge in [-0.05, 0) is 88.3 Å². The Balaban J connectivity index is 4.07. The van der Waals surface area contributed by atoms with Crippen molar-refractivity contribution in [2.75, 3.05) is 0 Å². The molecule has 0 aliphatic rings. The standard InChI is InChI=1S/C25H34FNO/c1-10-15(6)17(8)22(16(7)14(4)5)25(27)23-20(12-3)21(13-28)19(11-2)18(9)24(23)26/h10-11,27-28H,2,12-13H2,1,3-9H3/b15-10-,22-17-,27-25?. The molecule has 152 valence electrons. The predicted octanol–water partition coefficient (Wildman–Crippen LogP) is 6.84. The lowest BCUT2D eigenvalue weighted by Gasteiger charge is -2.23. The number of benzene rings is 1. The second kappa shape index (κ2) is 9.79. The molecular weight excluding hydrogens is 349 g/mol. The van der Waals surface area contributed by atoms with Gasteiger partial charge in [-0.1, -0.05) is 36.8 Å². The fourth-order valence-electron chi connectivity index (χ4n) is 3.53. The van der Waals surface area contributed by atoms with Crippen LogP contribution < -0.4 is 0 Å². The Morgan fingerprint density at radius 2 is 1.68 bits per heavy atom. The Kier molecular flexibility index (Phi) is 8.31. The van der Waals surface area contributed by atoms with Crippen molar-refractivity contribution in [3.05, 3.63) is 74.2 Å². The Labute approximate surface area is 169 Å². The van der Waals surface area contributed by atoms with Crippen LogP contribution in [0.1, 0.15) is 76.3 Å². The third-order valence-corrected chi connectivity index (χ3v) is 5.68. The van der Waals surface area contributed by atoms with Crippen molar-refractivity contribution in [2.45, 2.75) is 68.4 Å². The largest absolute Gasteiger partial charge is 0.392 e. The summed E-state index contributed by atoms with van der Waals surface area (Å²) in [6.07, 6.45) is 4.11. The van der Waals surface area contributed by atoms with E-state index in [9.17, 15) is 5.11 Å². The number of aliphatic hydroxyl groups excluding tert-OH is 1. The van der Waals surface area contributed by atoms with Crippen LogP contribution >= 0.6 is 0 Å². The summed E-state index contributed by atoms with van der Waals surface area (Å²) in [6, 6.07) is 0. The summed E-state index contributed by atoms with van der Waals surface area (Å²) >= 11 is 0. The smallest absolute Gasteiger partial charge is 0.136 e. The maximum Gasteiger partial charge on any atom is 0.136 e. The van der Waals surface area contributed by atoms with Crippen molar-refractivity contribution < 1.29 is 9.50 Å². The van der Waals surface area contributed by atoms with Crippen molar-refractivity contribution in [2.24, 2.45) is 0 Å². The zero-order chi connectivity index (χ0) is 21.8. The molecule has 0 saturated carbocycles. The second-order valence-corrected chi connectivity index (χ2v) is 7.37. The maximum atomic E-state index is 15.5. The van der Waals surface area contributed by atoms with Gasteiger partial charge in [0.1, 0.15) is 5.82 Å². The van der Waals surface area contributed by atoms with Crippen molar-refractivity contribution in [3.63, 3.8) is 0 Å². The summed E-state index contributed by atoms with van der Waals surface area (Å²) < 4.78 is 15.5. The summed E-state index contributed by atoms with van der Waals surface area (Å²) in [5, 5.41) is 19.0. The first kappa shape index (κ1) is 23.8. The molecule has 0 aliphatic heterocycles. The molecule has 0 heterocycles. The molecule has 0 aliphatic carbocycles. The van der Waals surface area contributed by atoms with E-state index in [0.29, 0.717) is 28.7 Å². The highest BCUT2D eigenvalue weighted by Gasteiger charge is 2.25. The molecule has 1 aromatic rings. The van der Waals surface area contributed by atoms with Gasteiger partial charge in [0.2, 0.25) is 0 Å². The van der Waals surface area contributed by atoms with Gasteiger partial charge in [0.15, 0.2) is 0 Å². The monoisotopic (exact) mass is 383 g/mol. The van der Waals surface area contributed by atoms with Gasteiger partial charge in [0.25, 0.3) is 0 Å². The average Bonchev–Trinajstić information content (AvgIpc) is 2.67. The Morgan fingerprint density at radius 1 is 1.11 bits per heavy atom. The van der Waals surface area contributed by atoms with Crippen LogP contribution in [0, 0.1) is 18.2 Å². The number of hydrogen-bond donors (Lipinski definition) is 2. The third kappa shape index (κ3) is 4.25. The van der Waals surface area contributed by atoms with Crippen LogP contribution in [0.4, 0.5) is 4.39 Å². The Morgan fingerprint density at radius 3 is 2.07 bits per heavy atom. The van der Waals surface area contributed by atoms with E-state index in [1.54, 1.807) is 13.0 Å². The highest BCUT2D eigenvalue weighted by molar-refractivity contribution is 6.15. The Hall–Kier alpha value is -2.26. The van der Waals surface area contributed by atoms with E-state index >= 15 is 4.39 Å². The zero-order valence-electron chi connectivity index (χ0n) is 18.6. The van der Waals surface area contributed by atoms with E-state index in [1.807, 2.05) is 54.5 Å². The SMILES string of the molecule is C=Cc1c(C)c(F)c(C(=N)/C(C(C)=C(C)C)=C(C)\C(C)=C/C)c(CC)c1CO. The van der Waals surface area contributed by atoms with Crippen LogP contribution in [-0.4, -0.2) is 10.8 Å². The minimum Gasteiger partial charge on any atom is -0.392 e. The molecule has 0 spiro atoms. The normalized spacial score (nSPS) is 12.6. The molecule has 0 bridgehead atoms. The second-order valence-electron chi connectivity index (χ2n) is 7.37. The first-order chi connectivity index (χ1) is 13.1. The molecule has 0 aromatic heterocycles. The molecule has 0 unspecified atom stereocenters. The maximum absolute atomic E-state index is 15.5. The molecular formula is C25H34FNO. The molecule has 2 nitrogen and oxygen atoms in total. The lowest BCUT2D eigenvalue weighted by molar-refractivity contribution is 0.280. The van der Waals surface area contributed by atoms with E-state index in [4.69, 9.17) is 5.41 Å². The lowest BCUT2D eigenvalue weighted by atomic mass is 9.82. The van der Waals surface area contributed by atoms with Crippen LogP contribution in [0.2, 0.25) is 0 Å². The van der Waals surface area contributed by atoms with Crippen molar-refractivity contribution in [1.82, 2.24) is 0 Å². The minimum absolute atomic E-state index is 0.167. The van der Waals surface area contributed by atoms with Gasteiger partial charge >= 0.3 is 0 Å². The quantitative estimate of drug-likeness (QED) is 0.393. The average molecular weight is 384 g/mol. The topological polar surface area (TPSA) is 44.1 Å². The molecule has 0 saturated heterocycles. The summed E-state index contributed by atoms with van der Waals surface area (Å²) in [5.41, 5.74) is 7.66. The number of allylic oxidation sites excluding steroid dienone is 6. The number of rotatable bonds is 7. The highest BCUT2D eigenvalue weighted by atomic mass is 19.1. The molecule has 28 heavy (non-hydrogen) atoms. The minimum atomic E-state index is -0.404. The summed E-state index contributed by atoms with van der Waals surface area (Å²) in [7, 11) is 0. The fourth-order valence-corrected chi connectivity index (χ4v) is 3.53. The van der Waals surface area contributed by atoms with E-state index in [2.05, 4.69) is 6.58 Å². The molecule has 0 amide bonds. The lowest BCUT2D eigenvalue weighted by Crippen LogP contribution is -2.17. The molecule has 3 heteroatoms. The van der Waals surface area contributed by atoms with E-state index in [0.717, 1.165) is 27.9 Å². The molecule has 1 rings (SSSR count). The van der Waals surface area contributed by atoms with Gasteiger partial charge in [-0.3, -0.25) is 5.41 Å². The van der Waals surface area contributed by atoms with Gasteiger partial charge in [0.05, 0.1) is 12.3 Å². The zero-order valence-corrected chi connectivity index (χ0v) is 18.6. The van der Waals surface area contributed by atoms with E-state index in [-0.39, 0.29) is 17.9 Å². The van der Waals surface area contributed by atoms with Gasteiger partial charge in [-0.15, -0.1) is 0 Å². The van der Waals surface area contributed by atoms with Crippen molar-refractivity contribution >= 4 is 11.8 Å². The summed E-state index contributed by atoms with van der Waals surface area (Å²) in [6.45, 7) is 19.1. The van der Waals surface area contributed by atoms with E-state index < -0.39 is 5.82 Å². The van der Waals surface area contributed by atoms with Crippen molar-refractivity contribution in [3.8, 4) is 0 Å². The first-order valence-corrected chi connectivity index (χ1v) is 9.73. The van der Waals surface area contributed by atoms with Crippen LogP contribution in [0.25, 0.3) is 6.08 Å². The van der Waals surface area contributed by atoms with Crippen LogP contribution in [0.5, 0.6) is 0 Å². The fraction of sp³-hybridized carbons (Fsp3) is 0.400. The molecule has 2 N–H and O–H groups in total. The highest BCUT2D eigenvalue weighted by Crippen LogP contribution is 2.33. The van der Waals surface area contributed by atoms with E-state index in [1.165, 1.54) is 0 Å².